The number of carbonyl (C=O) groups is 2. The third-order valence-electron chi connectivity index (χ3n) is 4.85. The number of amides is 2. The van der Waals surface area contributed by atoms with Gasteiger partial charge in [0.05, 0.1) is 11.6 Å². The van der Waals surface area contributed by atoms with Gasteiger partial charge in [0.1, 0.15) is 11.6 Å². The predicted molar refractivity (Wildman–Crippen MR) is 104 cm³/mol. The van der Waals surface area contributed by atoms with E-state index in [0.29, 0.717) is 5.69 Å². The molecule has 1 unspecified atom stereocenters. The van der Waals surface area contributed by atoms with Crippen molar-refractivity contribution in [3.05, 3.63) is 72.1 Å². The quantitative estimate of drug-likeness (QED) is 0.735. The highest BCUT2D eigenvalue weighted by Gasteiger charge is 2.35. The van der Waals surface area contributed by atoms with Crippen LogP contribution in [0.2, 0.25) is 0 Å². The number of aromatic nitrogens is 2. The SMILES string of the molecule is Cc1ccnn1-c1cccc(NC(=O)C2CC(=O)N(c3cc(F)cc(F)c3)C2)c1. The van der Waals surface area contributed by atoms with E-state index < -0.39 is 17.6 Å². The lowest BCUT2D eigenvalue weighted by atomic mass is 10.1. The number of rotatable bonds is 4. The molecular weight excluding hydrogens is 378 g/mol. The number of anilines is 2. The molecule has 6 nitrogen and oxygen atoms in total. The largest absolute Gasteiger partial charge is 0.326 e. The van der Waals surface area contributed by atoms with Gasteiger partial charge in [-0.3, -0.25) is 9.59 Å². The highest BCUT2D eigenvalue weighted by molar-refractivity contribution is 6.03. The van der Waals surface area contributed by atoms with Crippen LogP contribution in [0.3, 0.4) is 0 Å². The summed E-state index contributed by atoms with van der Waals surface area (Å²) in [7, 11) is 0. The van der Waals surface area contributed by atoms with Crippen LogP contribution in [0.5, 0.6) is 0 Å². The summed E-state index contributed by atoms with van der Waals surface area (Å²) >= 11 is 0. The maximum atomic E-state index is 13.5. The molecular formula is C21H18F2N4O2. The Hall–Kier alpha value is -3.55. The fourth-order valence-electron chi connectivity index (χ4n) is 3.43. The molecule has 1 atom stereocenters. The van der Waals surface area contributed by atoms with Crippen molar-refractivity contribution in [2.24, 2.45) is 5.92 Å². The Morgan fingerprint density at radius 3 is 2.55 bits per heavy atom. The summed E-state index contributed by atoms with van der Waals surface area (Å²) in [6, 6.07) is 12.0. The van der Waals surface area contributed by atoms with Crippen LogP contribution in [0.4, 0.5) is 20.2 Å². The van der Waals surface area contributed by atoms with Crippen molar-refractivity contribution in [3.63, 3.8) is 0 Å². The Morgan fingerprint density at radius 1 is 1.10 bits per heavy atom. The first-order chi connectivity index (χ1) is 13.9. The third kappa shape index (κ3) is 3.87. The first-order valence-electron chi connectivity index (χ1n) is 9.09. The summed E-state index contributed by atoms with van der Waals surface area (Å²) in [5.74, 6) is -2.84. The molecule has 1 N–H and O–H groups in total. The van der Waals surface area contributed by atoms with Crippen LogP contribution in [-0.4, -0.2) is 28.1 Å². The molecule has 2 amide bonds. The van der Waals surface area contributed by atoms with E-state index in [1.165, 1.54) is 4.90 Å². The summed E-state index contributed by atoms with van der Waals surface area (Å²) in [4.78, 5) is 26.2. The Morgan fingerprint density at radius 2 is 1.86 bits per heavy atom. The van der Waals surface area contributed by atoms with Gasteiger partial charge in [-0.15, -0.1) is 0 Å². The minimum atomic E-state index is -0.772. The van der Waals surface area contributed by atoms with Gasteiger partial charge >= 0.3 is 0 Å². The van der Waals surface area contributed by atoms with E-state index in [1.807, 2.05) is 19.1 Å². The third-order valence-corrected chi connectivity index (χ3v) is 4.85. The van der Waals surface area contributed by atoms with Crippen molar-refractivity contribution in [1.82, 2.24) is 9.78 Å². The molecule has 0 aliphatic carbocycles. The number of aryl methyl sites for hydroxylation is 1. The van der Waals surface area contributed by atoms with E-state index in [2.05, 4.69) is 10.4 Å². The second-order valence-electron chi connectivity index (χ2n) is 6.96. The number of nitrogens with zero attached hydrogens (tertiary/aromatic N) is 3. The topological polar surface area (TPSA) is 67.2 Å². The summed E-state index contributed by atoms with van der Waals surface area (Å²) in [6.45, 7) is 1.98. The molecule has 148 valence electrons. The lowest BCUT2D eigenvalue weighted by Gasteiger charge is -2.17. The van der Waals surface area contributed by atoms with Crippen LogP contribution in [-0.2, 0) is 9.59 Å². The van der Waals surface area contributed by atoms with Gasteiger partial charge in [-0.05, 0) is 43.3 Å². The summed E-state index contributed by atoms with van der Waals surface area (Å²) in [6.07, 6.45) is 1.66. The second-order valence-corrected chi connectivity index (χ2v) is 6.96. The lowest BCUT2D eigenvalue weighted by Crippen LogP contribution is -2.28. The first-order valence-corrected chi connectivity index (χ1v) is 9.09. The molecule has 29 heavy (non-hydrogen) atoms. The predicted octanol–water partition coefficient (Wildman–Crippen LogP) is 3.45. The van der Waals surface area contributed by atoms with E-state index in [4.69, 9.17) is 0 Å². The van der Waals surface area contributed by atoms with Gasteiger partial charge in [-0.25, -0.2) is 13.5 Å². The molecule has 8 heteroatoms. The van der Waals surface area contributed by atoms with Gasteiger partial charge in [0.15, 0.2) is 0 Å². The minimum Gasteiger partial charge on any atom is -0.326 e. The van der Waals surface area contributed by atoms with Gasteiger partial charge in [0, 0.05) is 42.3 Å². The van der Waals surface area contributed by atoms with Crippen molar-refractivity contribution < 1.29 is 18.4 Å². The van der Waals surface area contributed by atoms with Crippen LogP contribution < -0.4 is 10.2 Å². The zero-order valence-electron chi connectivity index (χ0n) is 15.6. The number of nitrogens with one attached hydrogen (secondary N) is 1. The van der Waals surface area contributed by atoms with Crippen molar-refractivity contribution in [2.75, 3.05) is 16.8 Å². The van der Waals surface area contributed by atoms with E-state index in [0.717, 1.165) is 29.6 Å². The smallest absolute Gasteiger partial charge is 0.229 e. The van der Waals surface area contributed by atoms with Gasteiger partial charge in [0.2, 0.25) is 11.8 Å². The number of halogens is 2. The van der Waals surface area contributed by atoms with Gasteiger partial charge in [-0.1, -0.05) is 6.07 Å². The molecule has 3 aromatic rings. The molecule has 1 aromatic heterocycles. The van der Waals surface area contributed by atoms with Gasteiger partial charge in [0.25, 0.3) is 0 Å². The van der Waals surface area contributed by atoms with Gasteiger partial charge in [-0.2, -0.15) is 5.10 Å². The van der Waals surface area contributed by atoms with E-state index >= 15 is 0 Å². The molecule has 2 heterocycles. The Labute approximate surface area is 165 Å². The zero-order chi connectivity index (χ0) is 20.5. The number of hydrogen-bond acceptors (Lipinski definition) is 3. The van der Waals surface area contributed by atoms with Crippen LogP contribution in [0.1, 0.15) is 12.1 Å². The molecule has 4 rings (SSSR count). The minimum absolute atomic E-state index is 0.0259. The molecule has 1 aliphatic rings. The Balaban J connectivity index is 1.48. The maximum Gasteiger partial charge on any atom is 0.229 e. The summed E-state index contributed by atoms with van der Waals surface area (Å²) in [5.41, 5.74) is 2.43. The average molecular weight is 396 g/mol. The molecule has 1 aliphatic heterocycles. The number of hydrogen-bond donors (Lipinski definition) is 1. The summed E-state index contributed by atoms with van der Waals surface area (Å²) < 4.78 is 28.7. The molecule has 2 aromatic carbocycles. The van der Waals surface area contributed by atoms with E-state index in [-0.39, 0.29) is 30.5 Å². The van der Waals surface area contributed by atoms with Crippen molar-refractivity contribution >= 4 is 23.2 Å². The Bertz CT molecular complexity index is 1080. The van der Waals surface area contributed by atoms with E-state index in [1.54, 1.807) is 29.1 Å². The zero-order valence-corrected chi connectivity index (χ0v) is 15.6. The first kappa shape index (κ1) is 18.8. The highest BCUT2D eigenvalue weighted by Crippen LogP contribution is 2.27. The normalized spacial score (nSPS) is 16.3. The fraction of sp³-hybridized carbons (Fsp3) is 0.190. The van der Waals surface area contributed by atoms with Crippen molar-refractivity contribution in [3.8, 4) is 5.69 Å². The summed E-state index contributed by atoms with van der Waals surface area (Å²) in [5, 5.41) is 7.06. The monoisotopic (exact) mass is 396 g/mol. The van der Waals surface area contributed by atoms with Crippen LogP contribution >= 0.6 is 0 Å². The van der Waals surface area contributed by atoms with Crippen molar-refractivity contribution in [1.29, 1.82) is 0 Å². The molecule has 0 spiro atoms. The van der Waals surface area contributed by atoms with Crippen LogP contribution in [0.25, 0.3) is 5.69 Å². The van der Waals surface area contributed by atoms with Crippen LogP contribution in [0.15, 0.2) is 54.7 Å². The standard InChI is InChI=1S/C21H18F2N4O2/c1-13-5-6-24-27(13)18-4-2-3-17(11-18)25-21(29)14-7-20(28)26(12-14)19-9-15(22)8-16(23)10-19/h2-6,8-11,14H,7,12H2,1H3,(H,25,29). The molecule has 0 saturated carbocycles. The molecule has 0 radical (unpaired) electrons. The van der Waals surface area contributed by atoms with E-state index in [9.17, 15) is 18.4 Å². The van der Waals surface area contributed by atoms with Crippen LogP contribution in [0, 0.1) is 24.5 Å². The lowest BCUT2D eigenvalue weighted by molar-refractivity contribution is -0.122. The second kappa shape index (κ2) is 7.46. The number of carbonyl (C=O) groups excluding carboxylic acids is 2. The highest BCUT2D eigenvalue weighted by atomic mass is 19.1. The average Bonchev–Trinajstić information content (AvgIpc) is 3.27. The maximum absolute atomic E-state index is 13.5. The fourth-order valence-corrected chi connectivity index (χ4v) is 3.43. The Kier molecular flexibility index (Phi) is 4.84. The van der Waals surface area contributed by atoms with Gasteiger partial charge < -0.3 is 10.2 Å². The number of benzene rings is 2. The molecule has 1 fully saturated rings. The molecule has 1 saturated heterocycles. The van der Waals surface area contributed by atoms with Crippen molar-refractivity contribution in [2.45, 2.75) is 13.3 Å². The molecule has 0 bridgehead atoms.